The van der Waals surface area contributed by atoms with Crippen LogP contribution in [0.3, 0.4) is 0 Å². The molecular weight excluding hydrogens is 741 g/mol. The highest BCUT2D eigenvalue weighted by molar-refractivity contribution is 5.70. The van der Waals surface area contributed by atoms with Crippen LogP contribution < -0.4 is 0 Å². The van der Waals surface area contributed by atoms with Gasteiger partial charge in [0.05, 0.1) is 6.61 Å². The second-order valence-electron chi connectivity index (χ2n) is 17.8. The fraction of sp³-hybridized carbons (Fsp3) is 0.855. The number of hydrogen-bond donors (Lipinski definition) is 0. The van der Waals surface area contributed by atoms with Crippen LogP contribution in [0.2, 0.25) is 0 Å². The molecule has 0 amide bonds. The van der Waals surface area contributed by atoms with Crippen molar-refractivity contribution in [3.8, 4) is 0 Å². The Bertz CT molecular complexity index is 955. The van der Waals surface area contributed by atoms with Crippen LogP contribution in [0.5, 0.6) is 0 Å². The maximum atomic E-state index is 12.7. The second-order valence-corrected chi connectivity index (χ2v) is 17.8. The summed E-state index contributed by atoms with van der Waals surface area (Å²) in [6.45, 7) is 7.74. The fourth-order valence-corrected chi connectivity index (χ4v) is 7.76. The molecule has 0 N–H and O–H groups in total. The summed E-state index contributed by atoms with van der Waals surface area (Å²) in [7, 11) is 0. The molecule has 0 aliphatic heterocycles. The number of carbonyl (C=O) groups is 2. The summed E-state index contributed by atoms with van der Waals surface area (Å²) in [5.74, 6) is -0.388. The molecule has 0 aromatic heterocycles. The summed E-state index contributed by atoms with van der Waals surface area (Å²) in [6, 6.07) is 0. The first-order valence-electron chi connectivity index (χ1n) is 26.5. The quantitative estimate of drug-likeness (QED) is 0.0347. The minimum Gasteiger partial charge on any atom is -0.462 e. The third-order valence-electron chi connectivity index (χ3n) is 11.7. The van der Waals surface area contributed by atoms with E-state index in [0.717, 1.165) is 57.8 Å². The average Bonchev–Trinajstić information content (AvgIpc) is 3.25. The highest BCUT2D eigenvalue weighted by Gasteiger charge is 2.17. The Morgan fingerprint density at radius 2 is 0.750 bits per heavy atom. The van der Waals surface area contributed by atoms with Gasteiger partial charge in [-0.1, -0.05) is 250 Å². The molecule has 0 fully saturated rings. The van der Waals surface area contributed by atoms with Gasteiger partial charge in [0.1, 0.15) is 6.61 Å². The van der Waals surface area contributed by atoms with Gasteiger partial charge in [-0.05, 0) is 51.4 Å². The molecular formula is C55H102O5. The van der Waals surface area contributed by atoms with Gasteiger partial charge in [0.25, 0.3) is 0 Å². The van der Waals surface area contributed by atoms with E-state index in [2.05, 4.69) is 57.2 Å². The zero-order chi connectivity index (χ0) is 43.5. The van der Waals surface area contributed by atoms with Crippen molar-refractivity contribution in [1.29, 1.82) is 0 Å². The monoisotopic (exact) mass is 843 g/mol. The molecule has 0 aromatic carbocycles. The van der Waals surface area contributed by atoms with Crippen molar-refractivity contribution in [2.75, 3.05) is 19.8 Å². The van der Waals surface area contributed by atoms with Gasteiger partial charge in [0, 0.05) is 19.4 Å². The Morgan fingerprint density at radius 3 is 1.20 bits per heavy atom. The van der Waals surface area contributed by atoms with Gasteiger partial charge in [-0.3, -0.25) is 9.59 Å². The van der Waals surface area contributed by atoms with Crippen LogP contribution in [0.15, 0.2) is 36.5 Å². The first kappa shape index (κ1) is 58.1. The lowest BCUT2D eigenvalue weighted by atomic mass is 10.0. The molecule has 0 spiro atoms. The van der Waals surface area contributed by atoms with Crippen LogP contribution in [0, 0.1) is 0 Å². The molecule has 1 atom stereocenters. The van der Waals surface area contributed by atoms with Gasteiger partial charge in [-0.2, -0.15) is 0 Å². The number of hydrogen-bond acceptors (Lipinski definition) is 5. The lowest BCUT2D eigenvalue weighted by molar-refractivity contribution is -0.163. The highest BCUT2D eigenvalue weighted by Crippen LogP contribution is 2.16. The van der Waals surface area contributed by atoms with Crippen LogP contribution in [-0.2, 0) is 23.8 Å². The normalized spacial score (nSPS) is 12.4. The maximum absolute atomic E-state index is 12.7. The minimum atomic E-state index is -0.533. The van der Waals surface area contributed by atoms with E-state index in [9.17, 15) is 9.59 Å². The standard InChI is InChI=1S/C55H102O5/c1-4-7-10-13-16-19-21-23-25-27-29-31-33-35-38-41-44-47-50-58-51-53(60-55(57)49-46-43-40-36-18-15-12-9-6-3)52-59-54(56)48-45-42-39-37-34-32-30-28-26-24-22-20-17-14-11-8-5-2/h7,10,16,19,23,25,53H,4-6,8-9,11-15,17-18,20-22,24,26-52H2,1-3H3/b10-7-,19-16-,25-23-. The third-order valence-corrected chi connectivity index (χ3v) is 11.7. The number of carbonyl (C=O) groups excluding carboxylic acids is 2. The van der Waals surface area contributed by atoms with Crippen LogP contribution in [0.4, 0.5) is 0 Å². The van der Waals surface area contributed by atoms with Gasteiger partial charge >= 0.3 is 11.9 Å². The van der Waals surface area contributed by atoms with E-state index in [1.807, 2.05) is 0 Å². The molecule has 0 aromatic rings. The Labute approximate surface area is 374 Å². The van der Waals surface area contributed by atoms with Crippen molar-refractivity contribution >= 4 is 11.9 Å². The van der Waals surface area contributed by atoms with E-state index in [1.54, 1.807) is 0 Å². The van der Waals surface area contributed by atoms with Gasteiger partial charge in [0.15, 0.2) is 6.10 Å². The SMILES string of the molecule is CC/C=C\C/C=C\C/C=C\CCCCCCCCCCOCC(COC(=O)CCCCCCCCCCCCCCCCCCC)OC(=O)CCCCCCCCCCC. The van der Waals surface area contributed by atoms with Crippen molar-refractivity contribution in [3.05, 3.63) is 36.5 Å². The Kier molecular flexibility index (Phi) is 49.9. The summed E-state index contributed by atoms with van der Waals surface area (Å²) >= 11 is 0. The van der Waals surface area contributed by atoms with E-state index >= 15 is 0 Å². The van der Waals surface area contributed by atoms with E-state index in [-0.39, 0.29) is 25.2 Å². The lowest BCUT2D eigenvalue weighted by Gasteiger charge is -2.18. The van der Waals surface area contributed by atoms with E-state index < -0.39 is 6.10 Å². The molecule has 0 radical (unpaired) electrons. The van der Waals surface area contributed by atoms with Gasteiger partial charge in [-0.15, -0.1) is 0 Å². The van der Waals surface area contributed by atoms with Gasteiger partial charge in [0.2, 0.25) is 0 Å². The number of rotatable bonds is 49. The highest BCUT2D eigenvalue weighted by atomic mass is 16.6. The fourth-order valence-electron chi connectivity index (χ4n) is 7.76. The maximum Gasteiger partial charge on any atom is 0.306 e. The van der Waals surface area contributed by atoms with Gasteiger partial charge < -0.3 is 14.2 Å². The molecule has 0 aliphatic carbocycles. The summed E-state index contributed by atoms with van der Waals surface area (Å²) in [5.41, 5.74) is 0. The van der Waals surface area contributed by atoms with Gasteiger partial charge in [-0.25, -0.2) is 0 Å². The summed E-state index contributed by atoms with van der Waals surface area (Å²) < 4.78 is 17.4. The predicted molar refractivity (Wildman–Crippen MR) is 261 cm³/mol. The Balaban J connectivity index is 4.14. The third kappa shape index (κ3) is 48.8. The molecule has 352 valence electrons. The first-order chi connectivity index (χ1) is 29.6. The van der Waals surface area contributed by atoms with Crippen LogP contribution in [0.25, 0.3) is 0 Å². The Morgan fingerprint density at radius 1 is 0.383 bits per heavy atom. The molecule has 0 heterocycles. The van der Waals surface area contributed by atoms with Crippen molar-refractivity contribution in [2.45, 2.75) is 284 Å². The molecule has 0 saturated carbocycles. The molecule has 0 bridgehead atoms. The molecule has 5 nitrogen and oxygen atoms in total. The van der Waals surface area contributed by atoms with E-state index in [0.29, 0.717) is 19.4 Å². The van der Waals surface area contributed by atoms with Crippen molar-refractivity contribution in [3.63, 3.8) is 0 Å². The molecule has 1 unspecified atom stereocenters. The van der Waals surface area contributed by atoms with Crippen molar-refractivity contribution in [1.82, 2.24) is 0 Å². The van der Waals surface area contributed by atoms with E-state index in [1.165, 1.54) is 186 Å². The van der Waals surface area contributed by atoms with Crippen LogP contribution in [-0.4, -0.2) is 37.9 Å². The average molecular weight is 843 g/mol. The second kappa shape index (κ2) is 51.5. The molecule has 60 heavy (non-hydrogen) atoms. The zero-order valence-electron chi connectivity index (χ0n) is 40.5. The predicted octanol–water partition coefficient (Wildman–Crippen LogP) is 17.8. The number of ether oxygens (including phenoxy) is 3. The summed E-state index contributed by atoms with van der Waals surface area (Å²) in [5, 5.41) is 0. The van der Waals surface area contributed by atoms with Crippen molar-refractivity contribution in [2.24, 2.45) is 0 Å². The Hall–Kier alpha value is -1.88. The molecule has 0 saturated heterocycles. The van der Waals surface area contributed by atoms with Crippen molar-refractivity contribution < 1.29 is 23.8 Å². The lowest BCUT2D eigenvalue weighted by Crippen LogP contribution is -2.30. The summed E-state index contributed by atoms with van der Waals surface area (Å²) in [4.78, 5) is 25.3. The first-order valence-corrected chi connectivity index (χ1v) is 26.5. The summed E-state index contributed by atoms with van der Waals surface area (Å²) in [6.07, 6.45) is 61.6. The largest absolute Gasteiger partial charge is 0.462 e. The topological polar surface area (TPSA) is 61.8 Å². The number of allylic oxidation sites excluding steroid dienone is 6. The molecule has 5 heteroatoms. The number of unbranched alkanes of at least 4 members (excludes halogenated alkanes) is 32. The van der Waals surface area contributed by atoms with Crippen LogP contribution in [0.1, 0.15) is 278 Å². The number of esters is 2. The van der Waals surface area contributed by atoms with E-state index in [4.69, 9.17) is 14.2 Å². The zero-order valence-corrected chi connectivity index (χ0v) is 40.5. The molecule has 0 rings (SSSR count). The minimum absolute atomic E-state index is 0.0884. The van der Waals surface area contributed by atoms with Crippen LogP contribution >= 0.6 is 0 Å². The molecule has 0 aliphatic rings. The smallest absolute Gasteiger partial charge is 0.306 e.